The van der Waals surface area contributed by atoms with E-state index in [0.29, 0.717) is 5.75 Å². The van der Waals surface area contributed by atoms with Gasteiger partial charge in [-0.2, -0.15) is 0 Å². The molecule has 0 saturated carbocycles. The average molecular weight is 425 g/mol. The van der Waals surface area contributed by atoms with E-state index in [2.05, 4.69) is 108 Å². The molecule has 0 aliphatic heterocycles. The second-order valence-electron chi connectivity index (χ2n) is 13.5. The molecule has 1 N–H and O–H groups in total. The first-order valence-corrected chi connectivity index (χ1v) is 11.5. The number of hydrogen-bond donors (Lipinski definition) is 1. The zero-order chi connectivity index (χ0) is 24.3. The minimum atomic E-state index is -0.305. The van der Waals surface area contributed by atoms with E-state index in [1.165, 1.54) is 5.56 Å². The molecule has 0 spiro atoms. The number of hydrogen-bond acceptors (Lipinski definition) is 2. The highest BCUT2D eigenvalue weighted by atomic mass is 16.3. The summed E-state index contributed by atoms with van der Waals surface area (Å²) in [5.41, 5.74) is 5.06. The van der Waals surface area contributed by atoms with Gasteiger partial charge in [0.1, 0.15) is 5.75 Å². The van der Waals surface area contributed by atoms with Gasteiger partial charge in [-0.3, -0.25) is 4.79 Å². The van der Waals surface area contributed by atoms with Crippen LogP contribution in [0, 0.1) is 16.7 Å². The Balaban J connectivity index is 3.01. The molecular formula is C29H44O2. The Morgan fingerprint density at radius 3 is 1.68 bits per heavy atom. The molecule has 1 aromatic rings. The van der Waals surface area contributed by atoms with Crippen molar-refractivity contribution in [1.29, 1.82) is 0 Å². The topological polar surface area (TPSA) is 37.3 Å². The lowest BCUT2D eigenvalue weighted by Gasteiger charge is -2.39. The number of aromatic hydroxyl groups is 1. The first-order valence-electron chi connectivity index (χ1n) is 11.5. The van der Waals surface area contributed by atoms with E-state index in [4.69, 9.17) is 0 Å². The van der Waals surface area contributed by atoms with Gasteiger partial charge in [0.05, 0.1) is 5.92 Å². The number of phenolic OH excluding ortho intramolecular Hbond substituents is 1. The second-order valence-corrected chi connectivity index (χ2v) is 13.5. The van der Waals surface area contributed by atoms with Gasteiger partial charge < -0.3 is 5.11 Å². The largest absolute Gasteiger partial charge is 0.507 e. The van der Waals surface area contributed by atoms with Crippen LogP contribution in [0.2, 0.25) is 0 Å². The summed E-state index contributed by atoms with van der Waals surface area (Å²) in [6.45, 7) is 27.8. The monoisotopic (exact) mass is 424 g/mol. The Labute approximate surface area is 190 Å². The van der Waals surface area contributed by atoms with Crippen LogP contribution in [-0.4, -0.2) is 10.9 Å². The maximum Gasteiger partial charge on any atom is 0.167 e. The van der Waals surface area contributed by atoms with E-state index in [9.17, 15) is 9.90 Å². The minimum Gasteiger partial charge on any atom is -0.507 e. The Morgan fingerprint density at radius 1 is 0.774 bits per heavy atom. The lowest BCUT2D eigenvalue weighted by Crippen LogP contribution is -2.36. The van der Waals surface area contributed by atoms with Crippen LogP contribution in [-0.2, 0) is 15.6 Å². The zero-order valence-corrected chi connectivity index (χ0v) is 22.2. The maximum absolute atomic E-state index is 13.8. The van der Waals surface area contributed by atoms with Crippen LogP contribution >= 0.6 is 0 Å². The van der Waals surface area contributed by atoms with Gasteiger partial charge in [-0.05, 0) is 51.4 Å². The molecule has 1 aromatic carbocycles. The minimum absolute atomic E-state index is 0.0702. The van der Waals surface area contributed by atoms with Gasteiger partial charge in [0.2, 0.25) is 0 Å². The summed E-state index contributed by atoms with van der Waals surface area (Å²) < 4.78 is 0. The Morgan fingerprint density at radius 2 is 1.29 bits per heavy atom. The smallest absolute Gasteiger partial charge is 0.167 e. The molecule has 0 fully saturated rings. The van der Waals surface area contributed by atoms with Crippen LogP contribution in [0.5, 0.6) is 5.75 Å². The third-order valence-corrected chi connectivity index (χ3v) is 6.35. The van der Waals surface area contributed by atoms with Gasteiger partial charge in [0.15, 0.2) is 5.78 Å². The van der Waals surface area contributed by atoms with Gasteiger partial charge in [-0.15, -0.1) is 0 Å². The van der Waals surface area contributed by atoms with E-state index < -0.39 is 0 Å². The molecule has 0 bridgehead atoms. The number of allylic oxidation sites excluding steroid dienone is 4. The van der Waals surface area contributed by atoms with Gasteiger partial charge in [0.25, 0.3) is 0 Å². The molecule has 2 nitrogen and oxygen atoms in total. The van der Waals surface area contributed by atoms with Crippen molar-refractivity contribution in [1.82, 2.24) is 0 Å². The molecule has 1 unspecified atom stereocenters. The van der Waals surface area contributed by atoms with Crippen molar-refractivity contribution in [2.24, 2.45) is 16.7 Å². The van der Waals surface area contributed by atoms with Crippen LogP contribution in [0.25, 0.3) is 5.57 Å². The first-order chi connectivity index (χ1) is 13.7. The summed E-state index contributed by atoms with van der Waals surface area (Å²) in [4.78, 5) is 13.8. The molecule has 172 valence electrons. The summed E-state index contributed by atoms with van der Waals surface area (Å²) in [6.07, 6.45) is 2.06. The molecule has 1 atom stereocenters. The molecule has 1 aliphatic carbocycles. The van der Waals surface area contributed by atoms with Crippen molar-refractivity contribution in [2.75, 3.05) is 0 Å². The van der Waals surface area contributed by atoms with Crippen LogP contribution < -0.4 is 0 Å². The Hall–Kier alpha value is -1.83. The number of rotatable bonds is 1. The molecule has 0 radical (unpaired) electrons. The second kappa shape index (κ2) is 7.64. The van der Waals surface area contributed by atoms with Gasteiger partial charge in [-0.25, -0.2) is 0 Å². The predicted molar refractivity (Wildman–Crippen MR) is 134 cm³/mol. The molecule has 2 heteroatoms. The zero-order valence-electron chi connectivity index (χ0n) is 22.2. The highest BCUT2D eigenvalue weighted by Gasteiger charge is 2.43. The summed E-state index contributed by atoms with van der Waals surface area (Å²) >= 11 is 0. The van der Waals surface area contributed by atoms with Crippen molar-refractivity contribution in [2.45, 2.75) is 101 Å². The Bertz CT molecular complexity index is 943. The summed E-state index contributed by atoms with van der Waals surface area (Å²) in [5, 5.41) is 11.5. The lowest BCUT2D eigenvalue weighted by atomic mass is 9.63. The van der Waals surface area contributed by atoms with Crippen LogP contribution in [0.15, 0.2) is 29.4 Å². The number of carbonyl (C=O) groups excluding carboxylic acids is 1. The fraction of sp³-hybridized carbons (Fsp3) is 0.621. The fourth-order valence-electron chi connectivity index (χ4n) is 4.50. The van der Waals surface area contributed by atoms with Crippen molar-refractivity contribution < 1.29 is 9.90 Å². The van der Waals surface area contributed by atoms with Crippen LogP contribution in [0.3, 0.4) is 0 Å². The van der Waals surface area contributed by atoms with Gasteiger partial charge >= 0.3 is 0 Å². The van der Waals surface area contributed by atoms with E-state index in [-0.39, 0.29) is 33.4 Å². The summed E-state index contributed by atoms with van der Waals surface area (Å²) in [6, 6.07) is 4.26. The van der Waals surface area contributed by atoms with E-state index in [1.807, 2.05) is 0 Å². The van der Waals surface area contributed by atoms with Crippen molar-refractivity contribution in [3.05, 3.63) is 46.0 Å². The molecule has 0 aromatic heterocycles. The number of ketones is 1. The predicted octanol–water partition coefficient (Wildman–Crippen LogP) is 7.98. The van der Waals surface area contributed by atoms with Gasteiger partial charge in [0, 0.05) is 16.7 Å². The molecule has 1 aliphatic rings. The quantitative estimate of drug-likeness (QED) is 0.496. The molecule has 31 heavy (non-hydrogen) atoms. The normalized spacial score (nSPS) is 19.1. The molecule has 0 amide bonds. The number of benzene rings is 1. The molecule has 0 heterocycles. The molecular weight excluding hydrogens is 380 g/mol. The van der Waals surface area contributed by atoms with Crippen LogP contribution in [0.1, 0.15) is 107 Å². The number of phenols is 1. The average Bonchev–Trinajstić information content (AvgIpc) is 2.52. The van der Waals surface area contributed by atoms with Gasteiger partial charge in [-0.1, -0.05) is 95.2 Å². The van der Waals surface area contributed by atoms with Crippen molar-refractivity contribution in [3.63, 3.8) is 0 Å². The highest BCUT2D eigenvalue weighted by molar-refractivity contribution is 6.09. The molecule has 2 rings (SSSR count). The Kier molecular flexibility index (Phi) is 6.27. The standard InChI is InChI=1S/C29H44O2/c1-17-14-20(27(5,6)7)25(31)23(29(11,12)13)22(17)19-15-18(26(2,3)4)16-21(24(19)30)28(8,9)10/h14-16,23,30H,1-13H3. The third kappa shape index (κ3) is 4.99. The van der Waals surface area contributed by atoms with E-state index in [1.54, 1.807) is 0 Å². The maximum atomic E-state index is 13.8. The highest BCUT2D eigenvalue weighted by Crippen LogP contribution is 2.50. The number of carbonyl (C=O) groups is 1. The third-order valence-electron chi connectivity index (χ3n) is 6.35. The summed E-state index contributed by atoms with van der Waals surface area (Å²) in [7, 11) is 0. The van der Waals surface area contributed by atoms with Crippen LogP contribution in [0.4, 0.5) is 0 Å². The fourth-order valence-corrected chi connectivity index (χ4v) is 4.50. The lowest BCUT2D eigenvalue weighted by molar-refractivity contribution is -0.121. The van der Waals surface area contributed by atoms with Crippen molar-refractivity contribution in [3.8, 4) is 5.75 Å². The number of Topliss-reactive ketones (excluding diaryl/α,β-unsaturated/α-hetero) is 1. The van der Waals surface area contributed by atoms with E-state index in [0.717, 1.165) is 27.8 Å². The van der Waals surface area contributed by atoms with E-state index >= 15 is 0 Å². The van der Waals surface area contributed by atoms with Crippen molar-refractivity contribution >= 4 is 11.4 Å². The summed E-state index contributed by atoms with van der Waals surface area (Å²) in [5.74, 6) is 0.184. The SMILES string of the molecule is CC1=C(c2cc(C(C)(C)C)cc(C(C)(C)C)c2O)C(C(C)(C)C)C(=O)C(C(C)(C)C)=C1. The first kappa shape index (κ1) is 25.4. The molecule has 0 saturated heterocycles.